The zero-order valence-corrected chi connectivity index (χ0v) is 16.1. The number of thioether (sulfide) groups is 1. The van der Waals surface area contributed by atoms with Crippen LogP contribution in [0.5, 0.6) is 0 Å². The van der Waals surface area contributed by atoms with Crippen molar-refractivity contribution in [2.75, 3.05) is 11.5 Å². The molecule has 1 radical (unpaired) electrons. The van der Waals surface area contributed by atoms with Crippen molar-refractivity contribution in [1.82, 2.24) is 0 Å². The summed E-state index contributed by atoms with van der Waals surface area (Å²) in [6.07, 6.45) is 19.3. The van der Waals surface area contributed by atoms with Crippen LogP contribution >= 0.6 is 11.8 Å². The van der Waals surface area contributed by atoms with Gasteiger partial charge in [0.1, 0.15) is 0 Å². The number of carboxylic acids is 1. The fourth-order valence-corrected chi connectivity index (χ4v) is 3.29. The largest absolute Gasteiger partial charge is 0.481 e. The van der Waals surface area contributed by atoms with Crippen LogP contribution in [0.1, 0.15) is 96.8 Å². The third-order valence-electron chi connectivity index (χ3n) is 3.87. The molecular formula is C18H36CuO2S. The summed E-state index contributed by atoms with van der Waals surface area (Å²) in [4.78, 5) is 10.3. The Bertz CT molecular complexity index is 225. The second-order valence-electron chi connectivity index (χ2n) is 6.04. The van der Waals surface area contributed by atoms with Gasteiger partial charge in [-0.1, -0.05) is 90.4 Å². The SMILES string of the molecule is CCCCCCCCCCCCCCCCSCC(=O)O.[Cu]. The molecule has 0 atom stereocenters. The van der Waals surface area contributed by atoms with E-state index in [0.717, 1.165) is 5.75 Å². The maximum Gasteiger partial charge on any atom is 0.313 e. The monoisotopic (exact) mass is 379 g/mol. The van der Waals surface area contributed by atoms with Crippen LogP contribution in [0.3, 0.4) is 0 Å². The van der Waals surface area contributed by atoms with Gasteiger partial charge in [0.2, 0.25) is 0 Å². The molecule has 0 saturated heterocycles. The van der Waals surface area contributed by atoms with Crippen LogP contribution in [0.2, 0.25) is 0 Å². The minimum atomic E-state index is -0.689. The third kappa shape index (κ3) is 22.6. The van der Waals surface area contributed by atoms with Crippen LogP contribution in [-0.2, 0) is 21.9 Å². The molecule has 137 valence electrons. The van der Waals surface area contributed by atoms with E-state index in [1.54, 1.807) is 11.8 Å². The number of hydrogen-bond donors (Lipinski definition) is 1. The Hall–Kier alpha value is 0.339. The van der Waals surface area contributed by atoms with Crippen LogP contribution < -0.4 is 0 Å². The van der Waals surface area contributed by atoms with Gasteiger partial charge in [-0.25, -0.2) is 0 Å². The number of unbranched alkanes of at least 4 members (excludes halogenated alkanes) is 13. The molecule has 0 saturated carbocycles. The minimum Gasteiger partial charge on any atom is -0.481 e. The van der Waals surface area contributed by atoms with E-state index >= 15 is 0 Å². The van der Waals surface area contributed by atoms with Gasteiger partial charge in [0.15, 0.2) is 0 Å². The molecule has 0 bridgehead atoms. The van der Waals surface area contributed by atoms with Crippen LogP contribution in [0.15, 0.2) is 0 Å². The van der Waals surface area contributed by atoms with E-state index in [9.17, 15) is 4.79 Å². The molecule has 0 aromatic carbocycles. The van der Waals surface area contributed by atoms with Gasteiger partial charge in [-0.3, -0.25) is 4.79 Å². The maximum absolute atomic E-state index is 10.3. The molecule has 0 aliphatic carbocycles. The van der Waals surface area contributed by atoms with Crippen molar-refractivity contribution in [3.8, 4) is 0 Å². The van der Waals surface area contributed by atoms with Crippen LogP contribution in [0.4, 0.5) is 0 Å². The van der Waals surface area contributed by atoms with E-state index in [1.807, 2.05) is 0 Å². The maximum atomic E-state index is 10.3. The Kier molecular flexibility index (Phi) is 23.9. The van der Waals surface area contributed by atoms with E-state index in [-0.39, 0.29) is 22.8 Å². The Morgan fingerprint density at radius 3 is 1.45 bits per heavy atom. The van der Waals surface area contributed by atoms with E-state index in [0.29, 0.717) is 0 Å². The molecule has 0 fully saturated rings. The van der Waals surface area contributed by atoms with Crippen LogP contribution in [0, 0.1) is 0 Å². The molecule has 22 heavy (non-hydrogen) atoms. The summed E-state index contributed by atoms with van der Waals surface area (Å²) < 4.78 is 0. The van der Waals surface area contributed by atoms with Crippen LogP contribution in [-0.4, -0.2) is 22.6 Å². The van der Waals surface area contributed by atoms with E-state index in [1.165, 1.54) is 89.9 Å². The summed E-state index contributed by atoms with van der Waals surface area (Å²) in [5, 5.41) is 8.51. The normalized spacial score (nSPS) is 10.4. The zero-order chi connectivity index (χ0) is 15.6. The first-order valence-corrected chi connectivity index (χ1v) is 10.2. The summed E-state index contributed by atoms with van der Waals surface area (Å²) in [6, 6.07) is 0. The van der Waals surface area contributed by atoms with Gasteiger partial charge in [-0.2, -0.15) is 11.8 Å². The first-order valence-electron chi connectivity index (χ1n) is 9.07. The van der Waals surface area contributed by atoms with Gasteiger partial charge >= 0.3 is 5.97 Å². The summed E-state index contributed by atoms with van der Waals surface area (Å²) in [6.45, 7) is 2.27. The van der Waals surface area contributed by atoms with Crippen molar-refractivity contribution in [2.45, 2.75) is 96.8 Å². The first-order chi connectivity index (χ1) is 10.3. The fourth-order valence-electron chi connectivity index (χ4n) is 2.56. The predicted octanol–water partition coefficient (Wildman–Crippen LogP) is 6.28. The van der Waals surface area contributed by atoms with Gasteiger partial charge in [0.25, 0.3) is 0 Å². The van der Waals surface area contributed by atoms with Crippen molar-refractivity contribution in [2.24, 2.45) is 0 Å². The third-order valence-corrected chi connectivity index (χ3v) is 4.90. The molecule has 0 rings (SSSR count). The van der Waals surface area contributed by atoms with Crippen LogP contribution in [0.25, 0.3) is 0 Å². The van der Waals surface area contributed by atoms with Gasteiger partial charge < -0.3 is 5.11 Å². The van der Waals surface area contributed by atoms with Crippen molar-refractivity contribution in [3.05, 3.63) is 0 Å². The average molecular weight is 380 g/mol. The Morgan fingerprint density at radius 1 is 0.727 bits per heavy atom. The minimum absolute atomic E-state index is 0. The molecule has 0 aliphatic rings. The summed E-state index contributed by atoms with van der Waals surface area (Å²) in [5.41, 5.74) is 0. The first kappa shape index (κ1) is 24.6. The molecule has 1 N–H and O–H groups in total. The molecular weight excluding hydrogens is 344 g/mol. The molecule has 0 aliphatic heterocycles. The molecule has 0 aromatic rings. The molecule has 0 heterocycles. The average Bonchev–Trinajstić information content (AvgIpc) is 2.46. The van der Waals surface area contributed by atoms with Gasteiger partial charge in [-0.05, 0) is 12.2 Å². The van der Waals surface area contributed by atoms with Gasteiger partial charge in [-0.15, -0.1) is 0 Å². The summed E-state index contributed by atoms with van der Waals surface area (Å²) in [5.74, 6) is 0.577. The topological polar surface area (TPSA) is 37.3 Å². The number of hydrogen-bond acceptors (Lipinski definition) is 2. The number of aliphatic carboxylic acids is 1. The van der Waals surface area contributed by atoms with Crippen molar-refractivity contribution < 1.29 is 27.0 Å². The zero-order valence-electron chi connectivity index (χ0n) is 14.4. The smallest absolute Gasteiger partial charge is 0.313 e. The van der Waals surface area contributed by atoms with Crippen molar-refractivity contribution >= 4 is 17.7 Å². The second-order valence-corrected chi connectivity index (χ2v) is 7.15. The van der Waals surface area contributed by atoms with Crippen molar-refractivity contribution in [3.63, 3.8) is 0 Å². The Labute approximate surface area is 153 Å². The van der Waals surface area contributed by atoms with E-state index in [4.69, 9.17) is 5.11 Å². The Balaban J connectivity index is 0. The molecule has 2 nitrogen and oxygen atoms in total. The quantitative estimate of drug-likeness (QED) is 0.238. The number of rotatable bonds is 17. The summed E-state index contributed by atoms with van der Waals surface area (Å²) in [7, 11) is 0. The number of carboxylic acid groups (broad SMARTS) is 1. The molecule has 0 amide bonds. The molecule has 0 spiro atoms. The standard InChI is InChI=1S/C18H36O2S.Cu/c1-2-3-4-5-6-7-8-9-10-11-12-13-14-15-16-21-17-18(19)20;/h2-17H2,1H3,(H,19,20);. The molecule has 0 unspecified atom stereocenters. The second kappa shape index (κ2) is 21.3. The van der Waals surface area contributed by atoms with E-state index in [2.05, 4.69) is 6.92 Å². The Morgan fingerprint density at radius 2 is 1.09 bits per heavy atom. The fraction of sp³-hybridized carbons (Fsp3) is 0.944. The van der Waals surface area contributed by atoms with Gasteiger partial charge in [0.05, 0.1) is 5.75 Å². The summed E-state index contributed by atoms with van der Waals surface area (Å²) >= 11 is 1.55. The number of carbonyl (C=O) groups is 1. The predicted molar refractivity (Wildman–Crippen MR) is 95.3 cm³/mol. The van der Waals surface area contributed by atoms with Crippen molar-refractivity contribution in [1.29, 1.82) is 0 Å². The molecule has 0 aromatic heterocycles. The molecule has 4 heteroatoms. The van der Waals surface area contributed by atoms with E-state index < -0.39 is 5.97 Å². The van der Waals surface area contributed by atoms with Gasteiger partial charge in [0, 0.05) is 17.1 Å².